The van der Waals surface area contributed by atoms with E-state index in [1.54, 1.807) is 0 Å². The zero-order valence-corrected chi connectivity index (χ0v) is 9.29. The Morgan fingerprint density at radius 3 is 2.61 bits per heavy atom. The van der Waals surface area contributed by atoms with Crippen LogP contribution in [0.1, 0.15) is 27.8 Å². The lowest BCUT2D eigenvalue weighted by Gasteiger charge is -2.01. The molecule has 0 aliphatic carbocycles. The van der Waals surface area contributed by atoms with Gasteiger partial charge in [0.1, 0.15) is 11.5 Å². The highest BCUT2D eigenvalue weighted by Gasteiger charge is 2.12. The molecular formula is C11H8FN3O3. The van der Waals surface area contributed by atoms with Gasteiger partial charge in [0.2, 0.25) is 0 Å². The number of Topliss-reactive ketones (excluding diaryl/α,β-unsaturated/α-hetero) is 1. The van der Waals surface area contributed by atoms with Crippen molar-refractivity contribution >= 4 is 11.8 Å². The number of rotatable bonds is 3. The summed E-state index contributed by atoms with van der Waals surface area (Å²) in [6.07, 6.45) is 1.26. The summed E-state index contributed by atoms with van der Waals surface area (Å²) in [7, 11) is 0. The summed E-state index contributed by atoms with van der Waals surface area (Å²) in [5.74, 6) is -2.50. The zero-order valence-electron chi connectivity index (χ0n) is 9.29. The molecule has 0 saturated heterocycles. The third-order valence-electron chi connectivity index (χ3n) is 2.27. The van der Waals surface area contributed by atoms with Crippen molar-refractivity contribution in [2.24, 2.45) is 0 Å². The minimum atomic E-state index is -1.35. The maximum absolute atomic E-state index is 13.4. The first kappa shape index (κ1) is 11.9. The minimum absolute atomic E-state index is 0.151. The Kier molecular flexibility index (Phi) is 2.88. The number of nitrogens with zero attached hydrogens (tertiary/aromatic N) is 3. The average molecular weight is 249 g/mol. The smallest absolute Gasteiger partial charge is 0.338 e. The van der Waals surface area contributed by atoms with Gasteiger partial charge in [-0.15, -0.1) is 5.10 Å². The third kappa shape index (κ3) is 2.10. The summed E-state index contributed by atoms with van der Waals surface area (Å²) in [4.78, 5) is 22.7. The standard InChI is InChI=1S/C11H8FN3O3/c1-6(16)10-5-13-15(14-10)7-2-3-8(11(17)18)9(12)4-7/h2-5H,1H3,(H,17,18). The summed E-state index contributed by atoms with van der Waals surface area (Å²) < 4.78 is 13.4. The monoisotopic (exact) mass is 249 g/mol. The lowest BCUT2D eigenvalue weighted by molar-refractivity contribution is 0.0691. The summed E-state index contributed by atoms with van der Waals surface area (Å²) in [5.41, 5.74) is -0.0413. The van der Waals surface area contributed by atoms with Crippen molar-refractivity contribution in [3.05, 3.63) is 41.5 Å². The molecule has 1 N–H and O–H groups in total. The first-order chi connectivity index (χ1) is 8.49. The van der Waals surface area contributed by atoms with Gasteiger partial charge in [-0.25, -0.2) is 9.18 Å². The number of hydrogen-bond donors (Lipinski definition) is 1. The van der Waals surface area contributed by atoms with Crippen LogP contribution in [-0.4, -0.2) is 31.9 Å². The van der Waals surface area contributed by atoms with Gasteiger partial charge in [0.25, 0.3) is 0 Å². The van der Waals surface area contributed by atoms with E-state index in [4.69, 9.17) is 5.11 Å². The molecule has 0 saturated carbocycles. The molecule has 0 fully saturated rings. The molecule has 92 valence electrons. The Hall–Kier alpha value is -2.57. The second-order valence-corrected chi connectivity index (χ2v) is 3.54. The van der Waals surface area contributed by atoms with Crippen molar-refractivity contribution in [3.63, 3.8) is 0 Å². The molecule has 1 heterocycles. The van der Waals surface area contributed by atoms with Crippen LogP contribution in [0.2, 0.25) is 0 Å². The SMILES string of the molecule is CC(=O)c1cnn(-c2ccc(C(=O)O)c(F)c2)n1. The van der Waals surface area contributed by atoms with Crippen molar-refractivity contribution in [1.29, 1.82) is 0 Å². The second kappa shape index (κ2) is 4.36. The van der Waals surface area contributed by atoms with Crippen LogP contribution in [0, 0.1) is 5.82 Å². The number of hydrogen-bond acceptors (Lipinski definition) is 4. The number of benzene rings is 1. The molecule has 1 aromatic carbocycles. The van der Waals surface area contributed by atoms with E-state index in [2.05, 4.69) is 10.2 Å². The lowest BCUT2D eigenvalue weighted by atomic mass is 10.2. The van der Waals surface area contributed by atoms with Gasteiger partial charge in [-0.1, -0.05) is 0 Å². The number of aromatic nitrogens is 3. The Balaban J connectivity index is 2.42. The Morgan fingerprint density at radius 2 is 2.11 bits per heavy atom. The van der Waals surface area contributed by atoms with Gasteiger partial charge >= 0.3 is 5.97 Å². The van der Waals surface area contributed by atoms with Crippen LogP contribution in [0.15, 0.2) is 24.4 Å². The fraction of sp³-hybridized carbons (Fsp3) is 0.0909. The zero-order chi connectivity index (χ0) is 13.3. The van der Waals surface area contributed by atoms with Gasteiger partial charge in [-0.05, 0) is 12.1 Å². The van der Waals surface area contributed by atoms with E-state index in [0.717, 1.165) is 16.9 Å². The van der Waals surface area contributed by atoms with Crippen LogP contribution in [0.5, 0.6) is 0 Å². The highest BCUT2D eigenvalue weighted by molar-refractivity contribution is 5.91. The molecule has 6 nitrogen and oxygen atoms in total. The van der Waals surface area contributed by atoms with Crippen LogP contribution in [0.3, 0.4) is 0 Å². The molecule has 0 aliphatic rings. The summed E-state index contributed by atoms with van der Waals surface area (Å²) in [6.45, 7) is 1.34. The number of ketones is 1. The molecular weight excluding hydrogens is 241 g/mol. The van der Waals surface area contributed by atoms with E-state index in [1.165, 1.54) is 19.2 Å². The van der Waals surface area contributed by atoms with Crippen LogP contribution in [0.4, 0.5) is 4.39 Å². The minimum Gasteiger partial charge on any atom is -0.478 e. The van der Waals surface area contributed by atoms with Crippen molar-refractivity contribution in [3.8, 4) is 5.69 Å². The van der Waals surface area contributed by atoms with Crippen LogP contribution < -0.4 is 0 Å². The topological polar surface area (TPSA) is 85.1 Å². The molecule has 0 spiro atoms. The molecule has 18 heavy (non-hydrogen) atoms. The van der Waals surface area contributed by atoms with Gasteiger partial charge < -0.3 is 5.11 Å². The first-order valence-corrected chi connectivity index (χ1v) is 4.95. The van der Waals surface area contributed by atoms with Gasteiger partial charge in [-0.2, -0.15) is 9.90 Å². The predicted octanol–water partition coefficient (Wildman–Crippen LogP) is 1.31. The van der Waals surface area contributed by atoms with E-state index in [-0.39, 0.29) is 17.2 Å². The van der Waals surface area contributed by atoms with Crippen molar-refractivity contribution in [2.75, 3.05) is 0 Å². The fourth-order valence-electron chi connectivity index (χ4n) is 1.35. The van der Waals surface area contributed by atoms with Gasteiger partial charge in [0.15, 0.2) is 5.78 Å². The van der Waals surface area contributed by atoms with Crippen LogP contribution >= 0.6 is 0 Å². The largest absolute Gasteiger partial charge is 0.478 e. The van der Waals surface area contributed by atoms with Gasteiger partial charge in [-0.3, -0.25) is 4.79 Å². The predicted molar refractivity (Wildman–Crippen MR) is 58.3 cm³/mol. The normalized spacial score (nSPS) is 10.3. The molecule has 0 unspecified atom stereocenters. The number of halogens is 1. The van der Waals surface area contributed by atoms with Crippen molar-refractivity contribution in [1.82, 2.24) is 15.0 Å². The molecule has 7 heteroatoms. The highest BCUT2D eigenvalue weighted by Crippen LogP contribution is 2.13. The molecule has 2 rings (SSSR count). The van der Waals surface area contributed by atoms with E-state index in [9.17, 15) is 14.0 Å². The molecule has 1 aromatic heterocycles. The molecule has 0 amide bonds. The van der Waals surface area contributed by atoms with Crippen molar-refractivity contribution < 1.29 is 19.1 Å². The summed E-state index contributed by atoms with van der Waals surface area (Å²) >= 11 is 0. The third-order valence-corrected chi connectivity index (χ3v) is 2.27. The average Bonchev–Trinajstić information content (AvgIpc) is 2.77. The summed E-state index contributed by atoms with van der Waals surface area (Å²) in [5, 5.41) is 16.3. The number of carbonyl (C=O) groups excluding carboxylic acids is 1. The number of aromatic carboxylic acids is 1. The number of carboxylic acid groups (broad SMARTS) is 1. The number of carboxylic acids is 1. The van der Waals surface area contributed by atoms with E-state index in [1.807, 2.05) is 0 Å². The lowest BCUT2D eigenvalue weighted by Crippen LogP contribution is -2.05. The van der Waals surface area contributed by atoms with Crippen molar-refractivity contribution in [2.45, 2.75) is 6.92 Å². The van der Waals surface area contributed by atoms with E-state index < -0.39 is 17.3 Å². The maximum atomic E-state index is 13.4. The van der Waals surface area contributed by atoms with Gasteiger partial charge in [0, 0.05) is 13.0 Å². The molecule has 0 atom stereocenters. The molecule has 2 aromatic rings. The van der Waals surface area contributed by atoms with E-state index in [0.29, 0.717) is 0 Å². The molecule has 0 bridgehead atoms. The Bertz CT molecular complexity index is 636. The van der Waals surface area contributed by atoms with Crippen LogP contribution in [0.25, 0.3) is 5.69 Å². The maximum Gasteiger partial charge on any atom is 0.338 e. The quantitative estimate of drug-likeness (QED) is 0.829. The number of carbonyl (C=O) groups is 2. The highest BCUT2D eigenvalue weighted by atomic mass is 19.1. The van der Waals surface area contributed by atoms with Crippen LogP contribution in [-0.2, 0) is 0 Å². The Labute approximate surface area is 101 Å². The second-order valence-electron chi connectivity index (χ2n) is 3.54. The summed E-state index contributed by atoms with van der Waals surface area (Å²) in [6, 6.07) is 3.47. The first-order valence-electron chi connectivity index (χ1n) is 4.95. The Morgan fingerprint density at radius 1 is 1.39 bits per heavy atom. The fourth-order valence-corrected chi connectivity index (χ4v) is 1.35. The molecule has 0 radical (unpaired) electrons. The van der Waals surface area contributed by atoms with E-state index >= 15 is 0 Å². The van der Waals surface area contributed by atoms with Gasteiger partial charge in [0.05, 0.1) is 17.4 Å². The molecule has 0 aliphatic heterocycles.